The van der Waals surface area contributed by atoms with E-state index in [1.54, 1.807) is 6.07 Å². The molecular formula is C16H19FN4O3. The van der Waals surface area contributed by atoms with Crippen molar-refractivity contribution in [3.63, 3.8) is 0 Å². The number of halogens is 1. The summed E-state index contributed by atoms with van der Waals surface area (Å²) < 4.78 is 17.5. The summed E-state index contributed by atoms with van der Waals surface area (Å²) in [4.78, 5) is 23.4. The summed E-state index contributed by atoms with van der Waals surface area (Å²) in [6.45, 7) is 0. The summed E-state index contributed by atoms with van der Waals surface area (Å²) in [5.41, 5.74) is 6.21. The molecule has 4 N–H and O–H groups in total. The normalized spacial score (nSPS) is 10.4. The van der Waals surface area contributed by atoms with Crippen molar-refractivity contribution < 1.29 is 18.5 Å². The van der Waals surface area contributed by atoms with Crippen LogP contribution in [0, 0.1) is 5.82 Å². The zero-order valence-electron chi connectivity index (χ0n) is 13.0. The maximum absolute atomic E-state index is 12.9. The lowest BCUT2D eigenvalue weighted by Gasteiger charge is -2.08. The van der Waals surface area contributed by atoms with Gasteiger partial charge in [-0.3, -0.25) is 9.59 Å². The molecular weight excluding hydrogens is 315 g/mol. The lowest BCUT2D eigenvalue weighted by Crippen LogP contribution is -2.13. The van der Waals surface area contributed by atoms with Crippen LogP contribution >= 0.6 is 0 Å². The molecule has 0 atom stereocenters. The first-order valence-corrected chi connectivity index (χ1v) is 7.59. The predicted octanol–water partition coefficient (Wildman–Crippen LogP) is 2.92. The number of anilines is 3. The molecule has 2 aromatic rings. The lowest BCUT2D eigenvalue weighted by molar-refractivity contribution is -0.116. The van der Waals surface area contributed by atoms with Crippen LogP contribution in [-0.2, 0) is 9.59 Å². The first-order chi connectivity index (χ1) is 11.5. The highest BCUT2D eigenvalue weighted by atomic mass is 19.1. The Hall–Kier alpha value is -2.90. The fraction of sp³-hybridized carbons (Fsp3) is 0.312. The highest BCUT2D eigenvalue weighted by Gasteiger charge is 2.07. The van der Waals surface area contributed by atoms with Crippen LogP contribution in [0.4, 0.5) is 21.6 Å². The van der Waals surface area contributed by atoms with E-state index in [2.05, 4.69) is 20.3 Å². The van der Waals surface area contributed by atoms with E-state index in [-0.39, 0.29) is 17.5 Å². The van der Waals surface area contributed by atoms with Gasteiger partial charge in [-0.2, -0.15) is 0 Å². The van der Waals surface area contributed by atoms with Gasteiger partial charge in [0.15, 0.2) is 5.82 Å². The number of aromatic nitrogens is 1. The number of rotatable bonds is 8. The Bertz CT molecular complexity index is 689. The van der Waals surface area contributed by atoms with E-state index >= 15 is 0 Å². The number of carbonyl (C=O) groups excluding carboxylic acids is 2. The van der Waals surface area contributed by atoms with Gasteiger partial charge >= 0.3 is 0 Å². The van der Waals surface area contributed by atoms with Gasteiger partial charge in [0.1, 0.15) is 12.1 Å². The zero-order valence-corrected chi connectivity index (χ0v) is 13.0. The third kappa shape index (κ3) is 5.71. The summed E-state index contributed by atoms with van der Waals surface area (Å²) in [5.74, 6) is -0.404. The Morgan fingerprint density at radius 1 is 1.08 bits per heavy atom. The van der Waals surface area contributed by atoms with E-state index in [1.165, 1.54) is 18.4 Å². The molecule has 0 saturated heterocycles. The largest absolute Gasteiger partial charge is 0.397 e. The molecule has 0 aliphatic rings. The third-order valence-electron chi connectivity index (χ3n) is 3.30. The minimum atomic E-state index is -0.450. The number of carbonyl (C=O) groups is 2. The molecule has 2 amide bonds. The van der Waals surface area contributed by atoms with Crippen LogP contribution < -0.4 is 16.4 Å². The molecule has 0 aliphatic heterocycles. The second-order valence-corrected chi connectivity index (χ2v) is 5.27. The molecule has 0 saturated carbocycles. The van der Waals surface area contributed by atoms with E-state index < -0.39 is 5.82 Å². The van der Waals surface area contributed by atoms with Gasteiger partial charge < -0.3 is 20.9 Å². The van der Waals surface area contributed by atoms with Gasteiger partial charge in [0.05, 0.1) is 11.4 Å². The summed E-state index contributed by atoms with van der Waals surface area (Å²) in [5, 5.41) is 8.82. The highest BCUT2D eigenvalue weighted by molar-refractivity contribution is 5.93. The smallest absolute Gasteiger partial charge is 0.225 e. The van der Waals surface area contributed by atoms with Crippen molar-refractivity contribution in [2.45, 2.75) is 32.1 Å². The van der Waals surface area contributed by atoms with Gasteiger partial charge in [-0.1, -0.05) is 11.6 Å². The van der Waals surface area contributed by atoms with E-state index in [0.717, 1.165) is 12.5 Å². The Kier molecular flexibility index (Phi) is 6.30. The van der Waals surface area contributed by atoms with Crippen LogP contribution in [0.25, 0.3) is 0 Å². The summed E-state index contributed by atoms with van der Waals surface area (Å²) in [7, 11) is 0. The number of nitrogens with two attached hydrogens (primary N) is 1. The molecule has 0 unspecified atom stereocenters. The average molecular weight is 334 g/mol. The van der Waals surface area contributed by atoms with Crippen LogP contribution in [-0.4, -0.2) is 17.0 Å². The first-order valence-electron chi connectivity index (χ1n) is 7.59. The quantitative estimate of drug-likeness (QED) is 0.508. The second-order valence-electron chi connectivity index (χ2n) is 5.27. The van der Waals surface area contributed by atoms with Crippen LogP contribution in [0.15, 0.2) is 35.1 Å². The highest BCUT2D eigenvalue weighted by Crippen LogP contribution is 2.19. The SMILES string of the molecule is Nc1cc(F)ccc1NC(=O)CCCCCC(=O)Nc1ccon1. The Balaban J connectivity index is 1.60. The number of nitrogens with one attached hydrogen (secondary N) is 2. The minimum absolute atomic E-state index is 0.146. The van der Waals surface area contributed by atoms with Crippen molar-refractivity contribution in [1.29, 1.82) is 0 Å². The van der Waals surface area contributed by atoms with Gasteiger partial charge in [-0.15, -0.1) is 0 Å². The van der Waals surface area contributed by atoms with Gasteiger partial charge in [0, 0.05) is 18.9 Å². The molecule has 2 rings (SSSR count). The van der Waals surface area contributed by atoms with E-state index in [1.807, 2.05) is 0 Å². The minimum Gasteiger partial charge on any atom is -0.397 e. The maximum atomic E-state index is 12.9. The topological polar surface area (TPSA) is 110 Å². The molecule has 1 aromatic heterocycles. The van der Waals surface area contributed by atoms with Crippen LogP contribution in [0.3, 0.4) is 0 Å². The monoisotopic (exact) mass is 334 g/mol. The number of hydrogen-bond acceptors (Lipinski definition) is 5. The summed E-state index contributed by atoms with van der Waals surface area (Å²) >= 11 is 0. The number of nitrogens with zero attached hydrogens (tertiary/aromatic N) is 1. The molecule has 128 valence electrons. The fourth-order valence-electron chi connectivity index (χ4n) is 2.09. The Morgan fingerprint density at radius 3 is 2.42 bits per heavy atom. The molecule has 8 heteroatoms. The van der Waals surface area contributed by atoms with E-state index in [4.69, 9.17) is 5.73 Å². The predicted molar refractivity (Wildman–Crippen MR) is 87.7 cm³/mol. The zero-order chi connectivity index (χ0) is 17.4. The van der Waals surface area contributed by atoms with Crippen LogP contribution in [0.5, 0.6) is 0 Å². The molecule has 7 nitrogen and oxygen atoms in total. The van der Waals surface area contributed by atoms with Crippen molar-refractivity contribution in [3.8, 4) is 0 Å². The molecule has 0 aliphatic carbocycles. The van der Waals surface area contributed by atoms with Crippen molar-refractivity contribution >= 4 is 29.0 Å². The first kappa shape index (κ1) is 17.5. The van der Waals surface area contributed by atoms with Crippen molar-refractivity contribution in [3.05, 3.63) is 36.3 Å². The van der Waals surface area contributed by atoms with E-state index in [9.17, 15) is 14.0 Å². The molecule has 0 spiro atoms. The molecule has 1 heterocycles. The second kappa shape index (κ2) is 8.66. The number of amides is 2. The summed E-state index contributed by atoms with van der Waals surface area (Å²) in [6, 6.07) is 5.38. The maximum Gasteiger partial charge on any atom is 0.225 e. The molecule has 0 fully saturated rings. The third-order valence-corrected chi connectivity index (χ3v) is 3.30. The number of nitrogen functional groups attached to an aromatic ring is 1. The molecule has 24 heavy (non-hydrogen) atoms. The van der Waals surface area contributed by atoms with Crippen LogP contribution in [0.2, 0.25) is 0 Å². The van der Waals surface area contributed by atoms with Gasteiger partial charge in [-0.25, -0.2) is 4.39 Å². The van der Waals surface area contributed by atoms with Gasteiger partial charge in [-0.05, 0) is 31.0 Å². The van der Waals surface area contributed by atoms with Gasteiger partial charge in [0.25, 0.3) is 0 Å². The van der Waals surface area contributed by atoms with E-state index in [0.29, 0.717) is 37.2 Å². The van der Waals surface area contributed by atoms with Gasteiger partial charge in [0.2, 0.25) is 11.8 Å². The standard InChI is InChI=1S/C16H19FN4O3/c17-11-6-7-13(12(18)10-11)19-15(22)4-2-1-3-5-16(23)20-14-8-9-24-21-14/h6-10H,1-5,18H2,(H,19,22)(H,20,21,23). The molecule has 1 aromatic carbocycles. The Labute approximate surface area is 138 Å². The average Bonchev–Trinajstić information content (AvgIpc) is 3.02. The number of hydrogen-bond donors (Lipinski definition) is 3. The molecule has 0 radical (unpaired) electrons. The fourth-order valence-corrected chi connectivity index (χ4v) is 2.09. The molecule has 0 bridgehead atoms. The summed E-state index contributed by atoms with van der Waals surface area (Å²) in [6.07, 6.45) is 4.07. The Morgan fingerprint density at radius 2 is 1.79 bits per heavy atom. The van der Waals surface area contributed by atoms with Crippen LogP contribution in [0.1, 0.15) is 32.1 Å². The lowest BCUT2D eigenvalue weighted by atomic mass is 10.1. The number of unbranched alkanes of at least 4 members (excludes halogenated alkanes) is 2. The van der Waals surface area contributed by atoms with Crippen molar-refractivity contribution in [1.82, 2.24) is 5.16 Å². The van der Waals surface area contributed by atoms with Crippen molar-refractivity contribution in [2.75, 3.05) is 16.4 Å². The number of benzene rings is 1. The van der Waals surface area contributed by atoms with Crippen molar-refractivity contribution in [2.24, 2.45) is 0 Å².